The monoisotopic (exact) mass is 235 g/mol. The van der Waals surface area contributed by atoms with Crippen LogP contribution in [0.1, 0.15) is 33.6 Å². The first-order valence-corrected chi connectivity index (χ1v) is 6.65. The Balaban J connectivity index is 2.18. The predicted molar refractivity (Wildman–Crippen MR) is 73.5 cm³/mol. The van der Waals surface area contributed by atoms with E-state index in [4.69, 9.17) is 4.74 Å². The van der Waals surface area contributed by atoms with E-state index < -0.39 is 0 Å². The molecule has 0 aliphatic carbocycles. The van der Waals surface area contributed by atoms with E-state index in [0.717, 1.165) is 25.3 Å². The van der Waals surface area contributed by atoms with Crippen molar-refractivity contribution in [2.45, 2.75) is 39.7 Å². The molecule has 1 rings (SSSR count). The number of ether oxygens (including phenoxy) is 1. The molecule has 2 nitrogen and oxygen atoms in total. The van der Waals surface area contributed by atoms with Gasteiger partial charge in [-0.05, 0) is 37.4 Å². The molecule has 0 heterocycles. The zero-order valence-electron chi connectivity index (χ0n) is 11.3. The standard InChI is InChI=1S/C15H25NO/c1-4-16-15(13(2)3)11-8-12-17-14-9-6-5-7-10-14/h5-7,9-10,13,15-16H,4,8,11-12H2,1-3H3. The van der Waals surface area contributed by atoms with Crippen molar-refractivity contribution in [3.8, 4) is 5.75 Å². The quantitative estimate of drug-likeness (QED) is 0.697. The molecule has 0 aromatic heterocycles. The normalized spacial score (nSPS) is 12.7. The van der Waals surface area contributed by atoms with Crippen molar-refractivity contribution in [2.75, 3.05) is 13.2 Å². The third-order valence-corrected chi connectivity index (χ3v) is 2.94. The predicted octanol–water partition coefficient (Wildman–Crippen LogP) is 3.48. The summed E-state index contributed by atoms with van der Waals surface area (Å²) in [4.78, 5) is 0. The summed E-state index contributed by atoms with van der Waals surface area (Å²) in [6.45, 7) is 8.55. The number of hydrogen-bond acceptors (Lipinski definition) is 2. The molecule has 96 valence electrons. The van der Waals surface area contributed by atoms with Gasteiger partial charge < -0.3 is 10.1 Å². The van der Waals surface area contributed by atoms with E-state index in [9.17, 15) is 0 Å². The molecule has 0 spiro atoms. The van der Waals surface area contributed by atoms with Crippen LogP contribution in [-0.2, 0) is 0 Å². The SMILES string of the molecule is CCNC(CCCOc1ccccc1)C(C)C. The summed E-state index contributed by atoms with van der Waals surface area (Å²) in [6, 6.07) is 10.6. The molecule has 0 aliphatic heterocycles. The average molecular weight is 235 g/mol. The van der Waals surface area contributed by atoms with Gasteiger partial charge in [0.15, 0.2) is 0 Å². The summed E-state index contributed by atoms with van der Waals surface area (Å²) >= 11 is 0. The highest BCUT2D eigenvalue weighted by Crippen LogP contribution is 2.11. The molecule has 1 atom stereocenters. The second-order valence-corrected chi connectivity index (χ2v) is 4.71. The molecule has 1 aromatic carbocycles. The summed E-state index contributed by atoms with van der Waals surface area (Å²) < 4.78 is 5.69. The summed E-state index contributed by atoms with van der Waals surface area (Å²) in [6.07, 6.45) is 2.28. The first-order chi connectivity index (χ1) is 8.24. The number of rotatable bonds is 8. The minimum absolute atomic E-state index is 0.611. The Morgan fingerprint density at radius 3 is 2.47 bits per heavy atom. The molecule has 0 saturated carbocycles. The molecule has 1 aromatic rings. The van der Waals surface area contributed by atoms with Crippen molar-refractivity contribution in [2.24, 2.45) is 5.92 Å². The molecule has 0 bridgehead atoms. The van der Waals surface area contributed by atoms with Crippen molar-refractivity contribution in [1.82, 2.24) is 5.32 Å². The van der Waals surface area contributed by atoms with Gasteiger partial charge in [-0.25, -0.2) is 0 Å². The van der Waals surface area contributed by atoms with E-state index in [-0.39, 0.29) is 0 Å². The third kappa shape index (κ3) is 5.73. The maximum Gasteiger partial charge on any atom is 0.119 e. The highest BCUT2D eigenvalue weighted by Gasteiger charge is 2.10. The summed E-state index contributed by atoms with van der Waals surface area (Å²) in [7, 11) is 0. The maximum atomic E-state index is 5.69. The van der Waals surface area contributed by atoms with Crippen molar-refractivity contribution in [1.29, 1.82) is 0 Å². The second kappa shape index (κ2) is 8.13. The van der Waals surface area contributed by atoms with Crippen molar-refractivity contribution in [3.05, 3.63) is 30.3 Å². The third-order valence-electron chi connectivity index (χ3n) is 2.94. The van der Waals surface area contributed by atoms with Gasteiger partial charge in [-0.15, -0.1) is 0 Å². The number of para-hydroxylation sites is 1. The van der Waals surface area contributed by atoms with Crippen molar-refractivity contribution in [3.63, 3.8) is 0 Å². The minimum Gasteiger partial charge on any atom is -0.494 e. The molecule has 0 fully saturated rings. The van der Waals surface area contributed by atoms with E-state index in [1.807, 2.05) is 30.3 Å². The lowest BCUT2D eigenvalue weighted by Gasteiger charge is -2.21. The molecular formula is C15H25NO. The first kappa shape index (κ1) is 14.0. The minimum atomic E-state index is 0.611. The van der Waals surface area contributed by atoms with E-state index in [0.29, 0.717) is 12.0 Å². The van der Waals surface area contributed by atoms with Gasteiger partial charge in [-0.3, -0.25) is 0 Å². The van der Waals surface area contributed by atoms with Crippen LogP contribution in [0.5, 0.6) is 5.75 Å². The molecular weight excluding hydrogens is 210 g/mol. The molecule has 0 amide bonds. The Morgan fingerprint density at radius 1 is 1.18 bits per heavy atom. The van der Waals surface area contributed by atoms with Crippen molar-refractivity contribution < 1.29 is 4.74 Å². The zero-order valence-corrected chi connectivity index (χ0v) is 11.3. The van der Waals surface area contributed by atoms with Crippen LogP contribution in [0.4, 0.5) is 0 Å². The highest BCUT2D eigenvalue weighted by molar-refractivity contribution is 5.20. The van der Waals surface area contributed by atoms with Gasteiger partial charge in [-0.1, -0.05) is 39.0 Å². The van der Waals surface area contributed by atoms with Crippen LogP contribution in [0, 0.1) is 5.92 Å². The lowest BCUT2D eigenvalue weighted by molar-refractivity contribution is 0.283. The molecule has 17 heavy (non-hydrogen) atoms. The first-order valence-electron chi connectivity index (χ1n) is 6.65. The van der Waals surface area contributed by atoms with E-state index in [1.165, 1.54) is 6.42 Å². The molecule has 0 saturated heterocycles. The molecule has 0 radical (unpaired) electrons. The van der Waals surface area contributed by atoms with E-state index in [1.54, 1.807) is 0 Å². The fourth-order valence-electron chi connectivity index (χ4n) is 1.94. The Labute approximate surface area is 105 Å². The Kier molecular flexibility index (Phi) is 6.71. The van der Waals surface area contributed by atoms with Gasteiger partial charge >= 0.3 is 0 Å². The van der Waals surface area contributed by atoms with Crippen LogP contribution in [0.25, 0.3) is 0 Å². The van der Waals surface area contributed by atoms with Crippen LogP contribution in [0.2, 0.25) is 0 Å². The highest BCUT2D eigenvalue weighted by atomic mass is 16.5. The van der Waals surface area contributed by atoms with Gasteiger partial charge in [-0.2, -0.15) is 0 Å². The van der Waals surface area contributed by atoms with Crippen LogP contribution in [0.3, 0.4) is 0 Å². The fourth-order valence-corrected chi connectivity index (χ4v) is 1.94. The summed E-state index contributed by atoms with van der Waals surface area (Å²) in [5, 5.41) is 3.53. The van der Waals surface area contributed by atoms with Gasteiger partial charge in [0.1, 0.15) is 5.75 Å². The lowest BCUT2D eigenvalue weighted by Crippen LogP contribution is -2.33. The molecule has 0 aliphatic rings. The van der Waals surface area contributed by atoms with Gasteiger partial charge in [0, 0.05) is 6.04 Å². The average Bonchev–Trinajstić information content (AvgIpc) is 2.34. The molecule has 2 heteroatoms. The van der Waals surface area contributed by atoms with E-state index in [2.05, 4.69) is 26.1 Å². The Hall–Kier alpha value is -1.02. The summed E-state index contributed by atoms with van der Waals surface area (Å²) in [5.41, 5.74) is 0. The maximum absolute atomic E-state index is 5.69. The number of benzene rings is 1. The fraction of sp³-hybridized carbons (Fsp3) is 0.600. The van der Waals surface area contributed by atoms with Crippen molar-refractivity contribution >= 4 is 0 Å². The summed E-state index contributed by atoms with van der Waals surface area (Å²) in [5.74, 6) is 1.66. The largest absolute Gasteiger partial charge is 0.494 e. The van der Waals surface area contributed by atoms with Gasteiger partial charge in [0.25, 0.3) is 0 Å². The van der Waals surface area contributed by atoms with Gasteiger partial charge in [0.2, 0.25) is 0 Å². The van der Waals surface area contributed by atoms with Crippen LogP contribution < -0.4 is 10.1 Å². The second-order valence-electron chi connectivity index (χ2n) is 4.71. The number of nitrogens with one attached hydrogen (secondary N) is 1. The smallest absolute Gasteiger partial charge is 0.119 e. The van der Waals surface area contributed by atoms with Gasteiger partial charge in [0.05, 0.1) is 6.61 Å². The Morgan fingerprint density at radius 2 is 1.88 bits per heavy atom. The van der Waals surface area contributed by atoms with E-state index >= 15 is 0 Å². The van der Waals surface area contributed by atoms with Crippen LogP contribution in [0.15, 0.2) is 30.3 Å². The lowest BCUT2D eigenvalue weighted by atomic mass is 9.99. The zero-order chi connectivity index (χ0) is 12.5. The molecule has 1 unspecified atom stereocenters. The molecule has 1 N–H and O–H groups in total. The van der Waals surface area contributed by atoms with Crippen LogP contribution in [-0.4, -0.2) is 19.2 Å². The number of hydrogen-bond donors (Lipinski definition) is 1. The topological polar surface area (TPSA) is 21.3 Å². The Bertz CT molecular complexity index is 284. The van der Waals surface area contributed by atoms with Crippen LogP contribution >= 0.6 is 0 Å².